The Hall–Kier alpha value is -0.960. The summed E-state index contributed by atoms with van der Waals surface area (Å²) in [5, 5.41) is 1.23. The van der Waals surface area contributed by atoms with E-state index >= 15 is 0 Å². The lowest BCUT2D eigenvalue weighted by atomic mass is 10.4. The summed E-state index contributed by atoms with van der Waals surface area (Å²) in [5.74, 6) is 0. The van der Waals surface area contributed by atoms with Crippen LogP contribution >= 0.6 is 11.8 Å². The van der Waals surface area contributed by atoms with Crippen molar-refractivity contribution in [1.82, 2.24) is 4.90 Å². The molecule has 0 heterocycles. The molecule has 0 spiro atoms. The van der Waals surface area contributed by atoms with Crippen LogP contribution in [0.4, 0.5) is 0 Å². The van der Waals surface area contributed by atoms with Gasteiger partial charge in [-0.3, -0.25) is 9.48 Å². The van der Waals surface area contributed by atoms with Crippen LogP contribution in [0.1, 0.15) is 0 Å². The maximum Gasteiger partial charge on any atom is 0.312 e. The lowest BCUT2D eigenvalue weighted by molar-refractivity contribution is -0.466. The molecule has 0 aromatic heterocycles. The molecule has 1 aromatic rings. The standard InChI is InChI=1S/C11H17N2S/c1-12(2)11(13(3)4)14-10-8-6-5-7-9-10/h5-9H,1-4H3/q+1. The van der Waals surface area contributed by atoms with E-state index in [4.69, 9.17) is 0 Å². The van der Waals surface area contributed by atoms with Crippen molar-refractivity contribution in [2.24, 2.45) is 0 Å². The van der Waals surface area contributed by atoms with Crippen molar-refractivity contribution in [1.29, 1.82) is 0 Å². The van der Waals surface area contributed by atoms with Crippen LogP contribution in [0.15, 0.2) is 35.2 Å². The van der Waals surface area contributed by atoms with Crippen molar-refractivity contribution in [2.75, 3.05) is 28.2 Å². The predicted octanol–water partition coefficient (Wildman–Crippen LogP) is 1.97. The van der Waals surface area contributed by atoms with Crippen LogP contribution in [0.2, 0.25) is 0 Å². The van der Waals surface area contributed by atoms with E-state index in [2.05, 4.69) is 61.9 Å². The van der Waals surface area contributed by atoms with Gasteiger partial charge in [0, 0.05) is 4.90 Å². The summed E-state index contributed by atoms with van der Waals surface area (Å²) in [4.78, 5) is 3.39. The van der Waals surface area contributed by atoms with Gasteiger partial charge in [0.05, 0.1) is 28.2 Å². The minimum absolute atomic E-state index is 1.23. The van der Waals surface area contributed by atoms with Crippen molar-refractivity contribution in [2.45, 2.75) is 4.90 Å². The fraction of sp³-hybridized carbons (Fsp3) is 0.364. The first-order valence-corrected chi connectivity index (χ1v) is 5.37. The van der Waals surface area contributed by atoms with E-state index in [1.807, 2.05) is 6.07 Å². The van der Waals surface area contributed by atoms with Crippen LogP contribution in [-0.2, 0) is 0 Å². The molecule has 0 amide bonds. The third kappa shape index (κ3) is 3.07. The average Bonchev–Trinajstić information content (AvgIpc) is 2.15. The SMILES string of the molecule is CN(C)C(Sc1ccccc1)=[N+](C)C. The fourth-order valence-electron chi connectivity index (χ4n) is 1.18. The van der Waals surface area contributed by atoms with Gasteiger partial charge in [-0.05, 0) is 23.9 Å². The summed E-state index contributed by atoms with van der Waals surface area (Å²) in [5.41, 5.74) is 0. The molecule has 0 aliphatic heterocycles. The quantitative estimate of drug-likeness (QED) is 0.302. The molecule has 0 aliphatic carbocycles. The summed E-state index contributed by atoms with van der Waals surface area (Å²) >= 11 is 1.77. The van der Waals surface area contributed by atoms with Gasteiger partial charge in [-0.2, -0.15) is 0 Å². The number of hydrogen-bond acceptors (Lipinski definition) is 1. The molecular formula is C11H17N2S+. The summed E-state index contributed by atoms with van der Waals surface area (Å²) in [6, 6.07) is 10.4. The van der Waals surface area contributed by atoms with Gasteiger partial charge >= 0.3 is 5.17 Å². The highest BCUT2D eigenvalue weighted by molar-refractivity contribution is 8.13. The topological polar surface area (TPSA) is 6.25 Å². The van der Waals surface area contributed by atoms with Crippen LogP contribution < -0.4 is 0 Å². The molecule has 2 nitrogen and oxygen atoms in total. The first-order chi connectivity index (χ1) is 6.61. The van der Waals surface area contributed by atoms with Gasteiger partial charge < -0.3 is 0 Å². The van der Waals surface area contributed by atoms with Gasteiger partial charge in [0.2, 0.25) is 0 Å². The Kier molecular flexibility index (Phi) is 4.01. The molecule has 0 unspecified atom stereocenters. The number of thioether (sulfide) groups is 1. The Balaban J connectivity index is 2.82. The molecule has 14 heavy (non-hydrogen) atoms. The Morgan fingerprint density at radius 2 is 1.71 bits per heavy atom. The van der Waals surface area contributed by atoms with Crippen molar-refractivity contribution >= 4 is 16.9 Å². The van der Waals surface area contributed by atoms with E-state index in [0.29, 0.717) is 0 Å². The molecule has 0 aliphatic rings. The Bertz CT molecular complexity index is 313. The lowest BCUT2D eigenvalue weighted by Crippen LogP contribution is -2.26. The fourth-order valence-corrected chi connectivity index (χ4v) is 2.05. The van der Waals surface area contributed by atoms with Crippen LogP contribution in [0, 0.1) is 0 Å². The van der Waals surface area contributed by atoms with Crippen LogP contribution in [0.5, 0.6) is 0 Å². The van der Waals surface area contributed by atoms with Gasteiger partial charge in [0.15, 0.2) is 0 Å². The predicted molar refractivity (Wildman–Crippen MR) is 63.1 cm³/mol. The van der Waals surface area contributed by atoms with Gasteiger partial charge in [0.25, 0.3) is 0 Å². The number of hydrogen-bond donors (Lipinski definition) is 0. The molecular weight excluding hydrogens is 192 g/mol. The highest BCUT2D eigenvalue weighted by Gasteiger charge is 2.12. The summed E-state index contributed by atoms with van der Waals surface area (Å²) in [6.07, 6.45) is 0. The van der Waals surface area contributed by atoms with Crippen molar-refractivity contribution < 1.29 is 4.58 Å². The third-order valence-electron chi connectivity index (χ3n) is 1.72. The van der Waals surface area contributed by atoms with Gasteiger partial charge in [-0.15, -0.1) is 0 Å². The average molecular weight is 209 g/mol. The number of nitrogens with zero attached hydrogens (tertiary/aromatic N) is 2. The second-order valence-electron chi connectivity index (χ2n) is 3.49. The molecule has 0 atom stereocenters. The molecule has 0 bridgehead atoms. The Morgan fingerprint density at radius 1 is 1.14 bits per heavy atom. The Labute approximate surface area is 90.2 Å². The molecule has 1 rings (SSSR count). The molecule has 1 aromatic carbocycles. The van der Waals surface area contributed by atoms with Crippen molar-refractivity contribution in [3.05, 3.63) is 30.3 Å². The molecule has 0 fully saturated rings. The zero-order chi connectivity index (χ0) is 10.6. The minimum atomic E-state index is 1.23. The van der Waals surface area contributed by atoms with E-state index in [1.54, 1.807) is 11.8 Å². The molecule has 0 saturated heterocycles. The van der Waals surface area contributed by atoms with E-state index in [9.17, 15) is 0 Å². The van der Waals surface area contributed by atoms with E-state index < -0.39 is 0 Å². The molecule has 0 radical (unpaired) electrons. The zero-order valence-corrected chi connectivity index (χ0v) is 10.0. The van der Waals surface area contributed by atoms with E-state index in [1.165, 1.54) is 10.1 Å². The van der Waals surface area contributed by atoms with Crippen molar-refractivity contribution in [3.8, 4) is 0 Å². The van der Waals surface area contributed by atoms with Gasteiger partial charge in [-0.25, -0.2) is 0 Å². The normalized spacial score (nSPS) is 9.71. The number of rotatable bonds is 1. The first-order valence-electron chi connectivity index (χ1n) is 4.55. The zero-order valence-electron chi connectivity index (χ0n) is 9.19. The highest BCUT2D eigenvalue weighted by atomic mass is 32.2. The van der Waals surface area contributed by atoms with Gasteiger partial charge in [0.1, 0.15) is 0 Å². The summed E-state index contributed by atoms with van der Waals surface area (Å²) in [7, 11) is 8.24. The van der Waals surface area contributed by atoms with Crippen LogP contribution in [-0.4, -0.2) is 42.8 Å². The smallest absolute Gasteiger partial charge is 0.261 e. The highest BCUT2D eigenvalue weighted by Crippen LogP contribution is 2.19. The third-order valence-corrected chi connectivity index (χ3v) is 3.14. The largest absolute Gasteiger partial charge is 0.312 e. The number of benzene rings is 1. The number of amidine groups is 1. The minimum Gasteiger partial charge on any atom is -0.261 e. The molecule has 0 N–H and O–H groups in total. The van der Waals surface area contributed by atoms with Crippen LogP contribution in [0.3, 0.4) is 0 Å². The maximum absolute atomic E-state index is 2.12. The van der Waals surface area contributed by atoms with Crippen LogP contribution in [0.25, 0.3) is 0 Å². The molecule has 0 saturated carbocycles. The van der Waals surface area contributed by atoms with E-state index in [0.717, 1.165) is 0 Å². The van der Waals surface area contributed by atoms with E-state index in [-0.39, 0.29) is 0 Å². The summed E-state index contributed by atoms with van der Waals surface area (Å²) < 4.78 is 2.12. The van der Waals surface area contributed by atoms with Crippen molar-refractivity contribution in [3.63, 3.8) is 0 Å². The monoisotopic (exact) mass is 209 g/mol. The maximum atomic E-state index is 2.12. The van der Waals surface area contributed by atoms with Gasteiger partial charge in [-0.1, -0.05) is 18.2 Å². The summed E-state index contributed by atoms with van der Waals surface area (Å²) in [6.45, 7) is 0. The molecule has 76 valence electrons. The lowest BCUT2D eigenvalue weighted by Gasteiger charge is -2.10. The second kappa shape index (κ2) is 5.05. The molecule has 3 heteroatoms. The Morgan fingerprint density at radius 3 is 2.14 bits per heavy atom. The first kappa shape index (κ1) is 11.1. The second-order valence-corrected chi connectivity index (χ2v) is 4.53.